The highest BCUT2D eigenvalue weighted by Crippen LogP contribution is 2.27. The van der Waals surface area contributed by atoms with Gasteiger partial charge < -0.3 is 9.64 Å². The maximum absolute atomic E-state index is 6.28. The molecule has 1 atom stereocenters. The Morgan fingerprint density at radius 2 is 2.10 bits per heavy atom. The molecular weight excluding hydrogens is 286 g/mol. The number of ether oxygens (including phenoxy) is 1. The maximum Gasteiger partial charge on any atom is 0.137 e. The summed E-state index contributed by atoms with van der Waals surface area (Å²) < 4.78 is 5.91. The van der Waals surface area contributed by atoms with Crippen molar-refractivity contribution in [2.75, 3.05) is 24.6 Å². The van der Waals surface area contributed by atoms with Crippen LogP contribution in [0.3, 0.4) is 0 Å². The van der Waals surface area contributed by atoms with Crippen molar-refractivity contribution >= 4 is 17.4 Å². The number of aromatic nitrogens is 2. The number of anilines is 1. The highest BCUT2D eigenvalue weighted by Gasteiger charge is 2.24. The molecule has 1 saturated heterocycles. The fraction of sp³-hybridized carbons (Fsp3) is 0.750. The van der Waals surface area contributed by atoms with Crippen LogP contribution in [-0.4, -0.2) is 35.8 Å². The van der Waals surface area contributed by atoms with E-state index in [0.29, 0.717) is 11.3 Å². The van der Waals surface area contributed by atoms with Crippen LogP contribution in [0.15, 0.2) is 0 Å². The average molecular weight is 312 g/mol. The molecule has 0 radical (unpaired) electrons. The van der Waals surface area contributed by atoms with E-state index in [4.69, 9.17) is 21.3 Å². The number of nitrogens with zero attached hydrogens (tertiary/aromatic N) is 3. The SMILES string of the molecule is CCCOC1CCCN(c2nc(CCC)nc(Cl)c2C)C1. The van der Waals surface area contributed by atoms with Crippen LogP contribution in [-0.2, 0) is 11.2 Å². The van der Waals surface area contributed by atoms with Gasteiger partial charge in [0, 0.05) is 31.7 Å². The van der Waals surface area contributed by atoms with Crippen molar-refractivity contribution in [1.82, 2.24) is 9.97 Å². The molecule has 0 N–H and O–H groups in total. The number of hydrogen-bond acceptors (Lipinski definition) is 4. The molecule has 0 saturated carbocycles. The minimum atomic E-state index is 0.307. The van der Waals surface area contributed by atoms with E-state index in [1.165, 1.54) is 0 Å². The molecule has 0 aliphatic carbocycles. The third-order valence-electron chi connectivity index (χ3n) is 3.82. The van der Waals surface area contributed by atoms with E-state index < -0.39 is 0 Å². The van der Waals surface area contributed by atoms with E-state index in [2.05, 4.69) is 23.7 Å². The van der Waals surface area contributed by atoms with E-state index >= 15 is 0 Å². The summed E-state index contributed by atoms with van der Waals surface area (Å²) in [7, 11) is 0. The summed E-state index contributed by atoms with van der Waals surface area (Å²) in [5.74, 6) is 1.84. The summed E-state index contributed by atoms with van der Waals surface area (Å²) in [6, 6.07) is 0. The predicted octanol–water partition coefficient (Wildman–Crippen LogP) is 3.79. The molecule has 2 heterocycles. The van der Waals surface area contributed by atoms with Crippen molar-refractivity contribution in [1.29, 1.82) is 0 Å². The van der Waals surface area contributed by atoms with Crippen LogP contribution in [0.1, 0.15) is 50.9 Å². The third kappa shape index (κ3) is 4.30. The second-order valence-corrected chi connectivity index (χ2v) is 6.07. The molecule has 1 aromatic rings. The van der Waals surface area contributed by atoms with Gasteiger partial charge in [0.25, 0.3) is 0 Å². The molecule has 0 amide bonds. The summed E-state index contributed by atoms with van der Waals surface area (Å²) in [5, 5.41) is 0.583. The zero-order valence-corrected chi connectivity index (χ0v) is 14.1. The van der Waals surface area contributed by atoms with Gasteiger partial charge in [0.1, 0.15) is 16.8 Å². The number of aryl methyl sites for hydroxylation is 1. The lowest BCUT2D eigenvalue weighted by molar-refractivity contribution is 0.0439. The fourth-order valence-corrected chi connectivity index (χ4v) is 2.90. The highest BCUT2D eigenvalue weighted by atomic mass is 35.5. The highest BCUT2D eigenvalue weighted by molar-refractivity contribution is 6.30. The van der Waals surface area contributed by atoms with Crippen LogP contribution in [0.2, 0.25) is 5.15 Å². The van der Waals surface area contributed by atoms with E-state index in [0.717, 1.165) is 69.0 Å². The molecule has 0 spiro atoms. The monoisotopic (exact) mass is 311 g/mol. The molecule has 0 bridgehead atoms. The normalized spacial score (nSPS) is 19.0. The van der Waals surface area contributed by atoms with Gasteiger partial charge in [-0.25, -0.2) is 9.97 Å². The molecule has 2 rings (SSSR count). The first-order valence-corrected chi connectivity index (χ1v) is 8.43. The van der Waals surface area contributed by atoms with Crippen LogP contribution in [0.25, 0.3) is 0 Å². The Balaban J connectivity index is 2.15. The molecule has 1 aliphatic heterocycles. The van der Waals surface area contributed by atoms with Crippen molar-refractivity contribution in [3.63, 3.8) is 0 Å². The average Bonchev–Trinajstić information content (AvgIpc) is 2.49. The zero-order valence-electron chi connectivity index (χ0n) is 13.4. The van der Waals surface area contributed by atoms with Gasteiger partial charge in [0.05, 0.1) is 6.10 Å². The van der Waals surface area contributed by atoms with Crippen molar-refractivity contribution in [2.45, 2.75) is 59.0 Å². The van der Waals surface area contributed by atoms with Crippen LogP contribution in [0, 0.1) is 6.92 Å². The minimum absolute atomic E-state index is 0.307. The number of hydrogen-bond donors (Lipinski definition) is 0. The predicted molar refractivity (Wildman–Crippen MR) is 87.3 cm³/mol. The molecule has 1 aliphatic rings. The second-order valence-electron chi connectivity index (χ2n) is 5.71. The number of halogens is 1. The molecule has 1 aromatic heterocycles. The largest absolute Gasteiger partial charge is 0.376 e. The van der Waals surface area contributed by atoms with E-state index in [1.807, 2.05) is 6.92 Å². The van der Waals surface area contributed by atoms with Crippen molar-refractivity contribution in [3.8, 4) is 0 Å². The summed E-state index contributed by atoms with van der Waals surface area (Å²) >= 11 is 6.28. The topological polar surface area (TPSA) is 38.2 Å². The van der Waals surface area contributed by atoms with Gasteiger partial charge in [-0.1, -0.05) is 25.4 Å². The van der Waals surface area contributed by atoms with Crippen LogP contribution in [0.4, 0.5) is 5.82 Å². The Bertz CT molecular complexity index is 467. The van der Waals surface area contributed by atoms with Crippen molar-refractivity contribution in [2.24, 2.45) is 0 Å². The van der Waals surface area contributed by atoms with Gasteiger partial charge in [-0.3, -0.25) is 0 Å². The first-order chi connectivity index (χ1) is 10.2. The molecule has 1 fully saturated rings. The number of piperidine rings is 1. The number of rotatable bonds is 6. The van der Waals surface area contributed by atoms with E-state index in [1.54, 1.807) is 0 Å². The molecule has 5 heteroatoms. The Labute approximate surface area is 132 Å². The molecular formula is C16H26ClN3O. The van der Waals surface area contributed by atoms with Gasteiger partial charge in [-0.15, -0.1) is 0 Å². The standard InChI is InChI=1S/C16H26ClN3O/c1-4-7-14-18-15(17)12(3)16(19-14)20-9-6-8-13(11-20)21-10-5-2/h13H,4-11H2,1-3H3. The quantitative estimate of drug-likeness (QED) is 0.749. The van der Waals surface area contributed by atoms with Crippen LogP contribution < -0.4 is 4.90 Å². The maximum atomic E-state index is 6.28. The van der Waals surface area contributed by atoms with Crippen LogP contribution >= 0.6 is 11.6 Å². The van der Waals surface area contributed by atoms with Crippen LogP contribution in [0.5, 0.6) is 0 Å². The van der Waals surface area contributed by atoms with Crippen molar-refractivity contribution in [3.05, 3.63) is 16.5 Å². The smallest absolute Gasteiger partial charge is 0.137 e. The first-order valence-electron chi connectivity index (χ1n) is 8.05. The summed E-state index contributed by atoms with van der Waals surface area (Å²) in [4.78, 5) is 11.4. The summed E-state index contributed by atoms with van der Waals surface area (Å²) in [6.07, 6.45) is 5.54. The molecule has 4 nitrogen and oxygen atoms in total. The molecule has 0 aromatic carbocycles. The lowest BCUT2D eigenvalue weighted by Gasteiger charge is -2.34. The Morgan fingerprint density at radius 3 is 2.81 bits per heavy atom. The van der Waals surface area contributed by atoms with E-state index in [9.17, 15) is 0 Å². The van der Waals surface area contributed by atoms with Gasteiger partial charge in [-0.05, 0) is 32.6 Å². The lowest BCUT2D eigenvalue weighted by atomic mass is 10.1. The minimum Gasteiger partial charge on any atom is -0.376 e. The lowest BCUT2D eigenvalue weighted by Crippen LogP contribution is -2.40. The van der Waals surface area contributed by atoms with Crippen molar-refractivity contribution < 1.29 is 4.74 Å². The summed E-state index contributed by atoms with van der Waals surface area (Å²) in [6.45, 7) is 9.04. The molecule has 1 unspecified atom stereocenters. The fourth-order valence-electron chi connectivity index (χ4n) is 2.71. The molecule has 21 heavy (non-hydrogen) atoms. The Kier molecular flexibility index (Phi) is 6.24. The van der Waals surface area contributed by atoms with Gasteiger partial charge >= 0.3 is 0 Å². The Morgan fingerprint density at radius 1 is 1.29 bits per heavy atom. The Hall–Kier alpha value is -0.870. The van der Waals surface area contributed by atoms with Gasteiger partial charge in [0.15, 0.2) is 0 Å². The van der Waals surface area contributed by atoms with Gasteiger partial charge in [-0.2, -0.15) is 0 Å². The first kappa shape index (κ1) is 16.5. The third-order valence-corrected chi connectivity index (χ3v) is 4.18. The van der Waals surface area contributed by atoms with Gasteiger partial charge in [0.2, 0.25) is 0 Å². The summed E-state index contributed by atoms with van der Waals surface area (Å²) in [5.41, 5.74) is 0.979. The molecule has 118 valence electrons. The zero-order chi connectivity index (χ0) is 15.2. The second kappa shape index (κ2) is 7.95. The van der Waals surface area contributed by atoms with E-state index in [-0.39, 0.29) is 0 Å².